The van der Waals surface area contributed by atoms with Crippen LogP contribution in [0.25, 0.3) is 0 Å². The van der Waals surface area contributed by atoms with Crippen molar-refractivity contribution in [1.29, 1.82) is 0 Å². The highest BCUT2D eigenvalue weighted by Gasteiger charge is 2.30. The summed E-state index contributed by atoms with van der Waals surface area (Å²) in [6, 6.07) is 19.0. The van der Waals surface area contributed by atoms with Crippen molar-refractivity contribution in [1.82, 2.24) is 10.2 Å². The standard InChI is InChI=1S/C21H26N2/c1-2-23-14-12-17-8-4-6-10-19(17)21(23)15-20-18-9-5-3-7-16(18)11-13-22-20/h3-10,20-22H,2,11-15H2,1H3/t20-,21-/m0/s1. The first-order valence-corrected chi connectivity index (χ1v) is 9.00. The van der Waals surface area contributed by atoms with Crippen molar-refractivity contribution in [2.24, 2.45) is 0 Å². The zero-order valence-corrected chi connectivity index (χ0v) is 14.0. The molecule has 2 heteroatoms. The van der Waals surface area contributed by atoms with Crippen molar-refractivity contribution in [3.63, 3.8) is 0 Å². The van der Waals surface area contributed by atoms with Gasteiger partial charge in [-0.1, -0.05) is 55.5 Å². The summed E-state index contributed by atoms with van der Waals surface area (Å²) >= 11 is 0. The summed E-state index contributed by atoms with van der Waals surface area (Å²) in [6.07, 6.45) is 3.52. The minimum atomic E-state index is 0.477. The quantitative estimate of drug-likeness (QED) is 0.925. The lowest BCUT2D eigenvalue weighted by atomic mass is 9.84. The molecule has 0 amide bonds. The van der Waals surface area contributed by atoms with Crippen LogP contribution < -0.4 is 5.32 Å². The Labute approximate surface area is 139 Å². The molecule has 0 radical (unpaired) electrons. The molecule has 2 atom stereocenters. The van der Waals surface area contributed by atoms with E-state index < -0.39 is 0 Å². The molecule has 0 aliphatic carbocycles. The van der Waals surface area contributed by atoms with Crippen molar-refractivity contribution in [2.45, 2.75) is 38.3 Å². The molecule has 0 saturated carbocycles. The van der Waals surface area contributed by atoms with E-state index in [9.17, 15) is 0 Å². The average Bonchev–Trinajstić information content (AvgIpc) is 2.62. The smallest absolute Gasteiger partial charge is 0.0368 e. The maximum absolute atomic E-state index is 3.77. The third-order valence-corrected chi connectivity index (χ3v) is 5.60. The molecule has 2 heterocycles. The van der Waals surface area contributed by atoms with E-state index in [0.717, 1.165) is 19.5 Å². The predicted molar refractivity (Wildman–Crippen MR) is 95.6 cm³/mol. The summed E-state index contributed by atoms with van der Waals surface area (Å²) < 4.78 is 0. The lowest BCUT2D eigenvalue weighted by Gasteiger charge is -2.40. The number of rotatable bonds is 3. The fourth-order valence-corrected chi connectivity index (χ4v) is 4.38. The van der Waals surface area contributed by atoms with Crippen LogP contribution in [0.1, 0.15) is 47.7 Å². The van der Waals surface area contributed by atoms with Crippen molar-refractivity contribution >= 4 is 0 Å². The van der Waals surface area contributed by atoms with Gasteiger partial charge in [0.15, 0.2) is 0 Å². The van der Waals surface area contributed by atoms with Gasteiger partial charge in [0.25, 0.3) is 0 Å². The molecule has 2 aliphatic heterocycles. The second kappa shape index (κ2) is 6.46. The van der Waals surface area contributed by atoms with Gasteiger partial charge in [0.05, 0.1) is 0 Å². The Bertz CT molecular complexity index is 679. The van der Waals surface area contributed by atoms with Crippen LogP contribution in [-0.2, 0) is 12.8 Å². The molecule has 2 aromatic carbocycles. The Morgan fingerprint density at radius 2 is 1.65 bits per heavy atom. The van der Waals surface area contributed by atoms with E-state index in [-0.39, 0.29) is 0 Å². The molecule has 1 N–H and O–H groups in total. The summed E-state index contributed by atoms with van der Waals surface area (Å²) in [5, 5.41) is 3.77. The fraction of sp³-hybridized carbons (Fsp3) is 0.429. The third kappa shape index (κ3) is 2.82. The monoisotopic (exact) mass is 306 g/mol. The number of hydrogen-bond acceptors (Lipinski definition) is 2. The Morgan fingerprint density at radius 3 is 2.43 bits per heavy atom. The number of nitrogens with zero attached hydrogens (tertiary/aromatic N) is 1. The third-order valence-electron chi connectivity index (χ3n) is 5.60. The van der Waals surface area contributed by atoms with Gasteiger partial charge in [-0.25, -0.2) is 0 Å². The molecule has 0 unspecified atom stereocenters. The molecule has 23 heavy (non-hydrogen) atoms. The van der Waals surface area contributed by atoms with E-state index in [1.807, 2.05) is 0 Å². The number of benzene rings is 2. The summed E-state index contributed by atoms with van der Waals surface area (Å²) in [4.78, 5) is 2.65. The zero-order chi connectivity index (χ0) is 15.6. The molecular weight excluding hydrogens is 280 g/mol. The number of hydrogen-bond donors (Lipinski definition) is 1. The highest BCUT2D eigenvalue weighted by atomic mass is 15.2. The van der Waals surface area contributed by atoms with Gasteiger partial charge in [0.2, 0.25) is 0 Å². The van der Waals surface area contributed by atoms with Gasteiger partial charge in [0, 0.05) is 18.6 Å². The van der Waals surface area contributed by atoms with Crippen LogP contribution in [0.2, 0.25) is 0 Å². The SMILES string of the molecule is CCN1CCc2ccccc2[C@@H]1C[C@@H]1NCCc2ccccc21. The largest absolute Gasteiger partial charge is 0.310 e. The highest BCUT2D eigenvalue weighted by Crippen LogP contribution is 2.37. The normalized spacial score (nSPS) is 24.0. The van der Waals surface area contributed by atoms with Crippen LogP contribution in [0.3, 0.4) is 0 Å². The predicted octanol–water partition coefficient (Wildman–Crippen LogP) is 3.88. The van der Waals surface area contributed by atoms with Crippen LogP contribution in [0.15, 0.2) is 48.5 Å². The summed E-state index contributed by atoms with van der Waals surface area (Å²) in [7, 11) is 0. The zero-order valence-electron chi connectivity index (χ0n) is 14.0. The summed E-state index contributed by atoms with van der Waals surface area (Å²) in [5.41, 5.74) is 6.14. The molecule has 0 saturated heterocycles. The molecule has 2 aromatic rings. The lowest BCUT2D eigenvalue weighted by Crippen LogP contribution is -2.39. The number of likely N-dealkylation sites (N-methyl/N-ethyl adjacent to an activating group) is 1. The average molecular weight is 306 g/mol. The van der Waals surface area contributed by atoms with Crippen LogP contribution in [0, 0.1) is 0 Å². The first kappa shape index (κ1) is 14.9. The molecule has 0 fully saturated rings. The van der Waals surface area contributed by atoms with Gasteiger partial charge in [0.1, 0.15) is 0 Å². The van der Waals surface area contributed by atoms with E-state index in [4.69, 9.17) is 0 Å². The molecule has 2 aliphatic rings. The molecule has 0 aromatic heterocycles. The second-order valence-electron chi connectivity index (χ2n) is 6.78. The van der Waals surface area contributed by atoms with E-state index in [2.05, 4.69) is 65.7 Å². The number of fused-ring (bicyclic) bond motifs is 2. The molecule has 0 spiro atoms. The minimum Gasteiger partial charge on any atom is -0.310 e. The van der Waals surface area contributed by atoms with Crippen molar-refractivity contribution in [2.75, 3.05) is 19.6 Å². The van der Waals surface area contributed by atoms with E-state index in [1.54, 1.807) is 11.1 Å². The minimum absolute atomic E-state index is 0.477. The van der Waals surface area contributed by atoms with Gasteiger partial charge in [-0.15, -0.1) is 0 Å². The van der Waals surface area contributed by atoms with Crippen LogP contribution >= 0.6 is 0 Å². The maximum atomic E-state index is 3.77. The molecule has 4 rings (SSSR count). The highest BCUT2D eigenvalue weighted by molar-refractivity contribution is 5.36. The first-order valence-electron chi connectivity index (χ1n) is 9.00. The summed E-state index contributed by atoms with van der Waals surface area (Å²) in [6.45, 7) is 5.71. The van der Waals surface area contributed by atoms with Crippen molar-refractivity contribution < 1.29 is 0 Å². The van der Waals surface area contributed by atoms with Gasteiger partial charge in [-0.3, -0.25) is 4.90 Å². The van der Waals surface area contributed by atoms with E-state index >= 15 is 0 Å². The Balaban J connectivity index is 1.65. The van der Waals surface area contributed by atoms with Gasteiger partial charge < -0.3 is 5.32 Å². The molecule has 0 bridgehead atoms. The van der Waals surface area contributed by atoms with Gasteiger partial charge >= 0.3 is 0 Å². The lowest BCUT2D eigenvalue weighted by molar-refractivity contribution is 0.170. The fourth-order valence-electron chi connectivity index (χ4n) is 4.38. The Kier molecular flexibility index (Phi) is 4.19. The van der Waals surface area contributed by atoms with Gasteiger partial charge in [-0.2, -0.15) is 0 Å². The van der Waals surface area contributed by atoms with Crippen LogP contribution in [-0.4, -0.2) is 24.5 Å². The molecule has 2 nitrogen and oxygen atoms in total. The molecular formula is C21H26N2. The van der Waals surface area contributed by atoms with Crippen LogP contribution in [0.5, 0.6) is 0 Å². The second-order valence-corrected chi connectivity index (χ2v) is 6.78. The molecule has 120 valence electrons. The first-order chi connectivity index (χ1) is 11.4. The van der Waals surface area contributed by atoms with Crippen molar-refractivity contribution in [3.8, 4) is 0 Å². The van der Waals surface area contributed by atoms with Crippen LogP contribution in [0.4, 0.5) is 0 Å². The Hall–Kier alpha value is -1.64. The summed E-state index contributed by atoms with van der Waals surface area (Å²) in [5.74, 6) is 0. The number of nitrogens with one attached hydrogen (secondary N) is 1. The Morgan fingerprint density at radius 1 is 0.957 bits per heavy atom. The topological polar surface area (TPSA) is 15.3 Å². The van der Waals surface area contributed by atoms with E-state index in [1.165, 1.54) is 30.5 Å². The van der Waals surface area contributed by atoms with E-state index in [0.29, 0.717) is 12.1 Å². The maximum Gasteiger partial charge on any atom is 0.0368 e. The van der Waals surface area contributed by atoms with Crippen molar-refractivity contribution in [3.05, 3.63) is 70.8 Å². The van der Waals surface area contributed by atoms with Gasteiger partial charge in [-0.05, 0) is 54.6 Å².